The van der Waals surface area contributed by atoms with E-state index in [9.17, 15) is 9.59 Å². The minimum absolute atomic E-state index is 0.279. The summed E-state index contributed by atoms with van der Waals surface area (Å²) in [4.78, 5) is 24.6. The summed E-state index contributed by atoms with van der Waals surface area (Å²) in [5, 5.41) is 11.6. The lowest BCUT2D eigenvalue weighted by Gasteiger charge is -2.26. The molecule has 5 nitrogen and oxygen atoms in total. The van der Waals surface area contributed by atoms with E-state index < -0.39 is 12.0 Å². The van der Waals surface area contributed by atoms with Crippen LogP contribution in [-0.4, -0.2) is 41.1 Å². The predicted molar refractivity (Wildman–Crippen MR) is 71.6 cm³/mol. The molecule has 0 aromatic rings. The fourth-order valence-corrected chi connectivity index (χ4v) is 1.65. The van der Waals surface area contributed by atoms with E-state index >= 15 is 0 Å². The number of urea groups is 1. The van der Waals surface area contributed by atoms with E-state index in [1.807, 2.05) is 13.8 Å². The lowest BCUT2D eigenvalue weighted by Crippen LogP contribution is -2.48. The number of nitrogens with zero attached hydrogens (tertiary/aromatic N) is 1. The molecular weight excluding hydrogens is 232 g/mol. The summed E-state index contributed by atoms with van der Waals surface area (Å²) in [6.45, 7) is 9.21. The molecule has 0 saturated heterocycles. The van der Waals surface area contributed by atoms with Crippen LogP contribution in [0.4, 0.5) is 4.79 Å². The summed E-state index contributed by atoms with van der Waals surface area (Å²) < 4.78 is 0. The van der Waals surface area contributed by atoms with Crippen LogP contribution in [-0.2, 0) is 4.79 Å². The first-order chi connectivity index (χ1) is 8.46. The van der Waals surface area contributed by atoms with E-state index in [-0.39, 0.29) is 6.03 Å². The van der Waals surface area contributed by atoms with Crippen molar-refractivity contribution >= 4 is 12.0 Å². The smallest absolute Gasteiger partial charge is 0.326 e. The van der Waals surface area contributed by atoms with Gasteiger partial charge in [0.2, 0.25) is 0 Å². The average Bonchev–Trinajstić information content (AvgIpc) is 2.34. The highest BCUT2D eigenvalue weighted by atomic mass is 16.4. The molecule has 0 spiro atoms. The van der Waals surface area contributed by atoms with Gasteiger partial charge in [0.15, 0.2) is 0 Å². The minimum Gasteiger partial charge on any atom is -0.480 e. The summed E-state index contributed by atoms with van der Waals surface area (Å²) in [5.74, 6) is -0.546. The van der Waals surface area contributed by atoms with Crippen LogP contribution in [0.1, 0.15) is 47.0 Å². The molecule has 0 fully saturated rings. The van der Waals surface area contributed by atoms with Gasteiger partial charge in [-0.2, -0.15) is 0 Å². The number of hydrogen-bond donors (Lipinski definition) is 2. The van der Waals surface area contributed by atoms with E-state index in [1.165, 1.54) is 0 Å². The third-order valence-corrected chi connectivity index (χ3v) is 3.07. The van der Waals surface area contributed by atoms with Crippen LogP contribution in [0.3, 0.4) is 0 Å². The Morgan fingerprint density at radius 1 is 1.28 bits per heavy atom. The maximum absolute atomic E-state index is 12.0. The summed E-state index contributed by atoms with van der Waals surface area (Å²) in [7, 11) is 0. The minimum atomic E-state index is -0.968. The van der Waals surface area contributed by atoms with Gasteiger partial charge >= 0.3 is 12.0 Å². The normalized spacial score (nSPS) is 13.8. The lowest BCUT2D eigenvalue weighted by atomic mass is 10.1. The van der Waals surface area contributed by atoms with Crippen LogP contribution in [0.2, 0.25) is 0 Å². The first kappa shape index (κ1) is 16.7. The lowest BCUT2D eigenvalue weighted by molar-refractivity contribution is -0.139. The maximum atomic E-state index is 12.0. The van der Waals surface area contributed by atoms with Gasteiger partial charge in [0.25, 0.3) is 0 Å². The number of carbonyl (C=O) groups excluding carboxylic acids is 1. The largest absolute Gasteiger partial charge is 0.480 e. The molecule has 5 heteroatoms. The zero-order valence-electron chi connectivity index (χ0n) is 11.9. The molecule has 0 bridgehead atoms. The van der Waals surface area contributed by atoms with Crippen LogP contribution >= 0.6 is 0 Å². The number of aliphatic carboxylic acids is 1. The zero-order chi connectivity index (χ0) is 14.1. The van der Waals surface area contributed by atoms with Gasteiger partial charge in [0.1, 0.15) is 6.04 Å². The average molecular weight is 258 g/mol. The van der Waals surface area contributed by atoms with Crippen molar-refractivity contribution in [2.24, 2.45) is 5.92 Å². The van der Waals surface area contributed by atoms with Crippen LogP contribution in [0.25, 0.3) is 0 Å². The molecule has 0 aliphatic heterocycles. The van der Waals surface area contributed by atoms with Crippen molar-refractivity contribution in [3.05, 3.63) is 0 Å². The number of carboxylic acid groups (broad SMARTS) is 1. The Morgan fingerprint density at radius 2 is 1.89 bits per heavy atom. The molecule has 0 rings (SSSR count). The number of rotatable bonds is 8. The Bertz CT molecular complexity index is 269. The van der Waals surface area contributed by atoms with Crippen molar-refractivity contribution in [2.75, 3.05) is 13.1 Å². The molecule has 0 heterocycles. The molecule has 2 N–H and O–H groups in total. The van der Waals surface area contributed by atoms with Gasteiger partial charge in [-0.25, -0.2) is 9.59 Å². The molecule has 0 aliphatic rings. The van der Waals surface area contributed by atoms with Gasteiger partial charge in [-0.05, 0) is 19.3 Å². The van der Waals surface area contributed by atoms with E-state index in [0.717, 1.165) is 12.8 Å². The van der Waals surface area contributed by atoms with Crippen molar-refractivity contribution in [3.8, 4) is 0 Å². The standard InChI is InChI=1S/C13H26N2O3/c1-5-8-11(12(16)17)14-13(18)15(7-3)9-10(4)6-2/h10-11H,5-9H2,1-4H3,(H,14,18)(H,16,17). The molecule has 0 aromatic heterocycles. The molecule has 18 heavy (non-hydrogen) atoms. The maximum Gasteiger partial charge on any atom is 0.326 e. The fraction of sp³-hybridized carbons (Fsp3) is 0.846. The second-order valence-corrected chi connectivity index (χ2v) is 4.68. The van der Waals surface area contributed by atoms with Crippen LogP contribution < -0.4 is 5.32 Å². The highest BCUT2D eigenvalue weighted by Crippen LogP contribution is 2.05. The molecule has 0 saturated carbocycles. The topological polar surface area (TPSA) is 69.6 Å². The molecule has 106 valence electrons. The first-order valence-corrected chi connectivity index (χ1v) is 6.74. The number of carboxylic acids is 1. The summed E-state index contributed by atoms with van der Waals surface area (Å²) in [5.41, 5.74) is 0. The Morgan fingerprint density at radius 3 is 2.28 bits per heavy atom. The highest BCUT2D eigenvalue weighted by Gasteiger charge is 2.22. The summed E-state index contributed by atoms with van der Waals surface area (Å²) >= 11 is 0. The Balaban J connectivity index is 4.44. The van der Waals surface area contributed by atoms with E-state index in [1.54, 1.807) is 4.90 Å². The molecule has 0 aromatic carbocycles. The monoisotopic (exact) mass is 258 g/mol. The quantitative estimate of drug-likeness (QED) is 0.702. The molecular formula is C13H26N2O3. The molecule has 2 amide bonds. The van der Waals surface area contributed by atoms with Gasteiger partial charge in [0, 0.05) is 13.1 Å². The van der Waals surface area contributed by atoms with E-state index in [2.05, 4.69) is 19.2 Å². The van der Waals surface area contributed by atoms with Crippen molar-refractivity contribution in [3.63, 3.8) is 0 Å². The second-order valence-electron chi connectivity index (χ2n) is 4.68. The SMILES string of the molecule is CCCC(NC(=O)N(CC)CC(C)CC)C(=O)O. The second kappa shape index (κ2) is 8.78. The molecule has 0 aliphatic carbocycles. The van der Waals surface area contributed by atoms with Crippen molar-refractivity contribution in [1.82, 2.24) is 10.2 Å². The predicted octanol–water partition coefficient (Wildman–Crippen LogP) is 2.32. The van der Waals surface area contributed by atoms with Gasteiger partial charge in [-0.1, -0.05) is 33.6 Å². The molecule has 2 unspecified atom stereocenters. The van der Waals surface area contributed by atoms with Crippen LogP contribution in [0, 0.1) is 5.92 Å². The van der Waals surface area contributed by atoms with Gasteiger partial charge in [-0.15, -0.1) is 0 Å². The van der Waals surface area contributed by atoms with E-state index in [4.69, 9.17) is 5.11 Å². The number of hydrogen-bond acceptors (Lipinski definition) is 2. The Hall–Kier alpha value is -1.26. The van der Waals surface area contributed by atoms with Gasteiger partial charge in [-0.3, -0.25) is 0 Å². The molecule has 2 atom stereocenters. The van der Waals surface area contributed by atoms with Crippen molar-refractivity contribution in [2.45, 2.75) is 53.0 Å². The van der Waals surface area contributed by atoms with Crippen LogP contribution in [0.5, 0.6) is 0 Å². The highest BCUT2D eigenvalue weighted by molar-refractivity contribution is 5.82. The van der Waals surface area contributed by atoms with Crippen LogP contribution in [0.15, 0.2) is 0 Å². The summed E-state index contributed by atoms with van der Waals surface area (Å²) in [6, 6.07) is -1.06. The van der Waals surface area contributed by atoms with Gasteiger partial charge < -0.3 is 15.3 Å². The van der Waals surface area contributed by atoms with Gasteiger partial charge in [0.05, 0.1) is 0 Å². The van der Waals surface area contributed by atoms with Crippen molar-refractivity contribution in [1.29, 1.82) is 0 Å². The third kappa shape index (κ3) is 5.89. The zero-order valence-corrected chi connectivity index (χ0v) is 11.9. The number of nitrogens with one attached hydrogen (secondary N) is 1. The van der Waals surface area contributed by atoms with E-state index in [0.29, 0.717) is 25.4 Å². The Kier molecular flexibility index (Phi) is 8.16. The number of carbonyl (C=O) groups is 2. The fourth-order valence-electron chi connectivity index (χ4n) is 1.65. The van der Waals surface area contributed by atoms with Crippen molar-refractivity contribution < 1.29 is 14.7 Å². The third-order valence-electron chi connectivity index (χ3n) is 3.07. The summed E-state index contributed by atoms with van der Waals surface area (Å²) in [6.07, 6.45) is 2.19. The molecule has 0 radical (unpaired) electrons. The number of amides is 2. The Labute approximate surface area is 110 Å². The first-order valence-electron chi connectivity index (χ1n) is 6.74.